The Morgan fingerprint density at radius 1 is 1.42 bits per heavy atom. The maximum Gasteiger partial charge on any atom is 0.417 e. The SMILES string of the molecule is CCNC(=O)c1c(C)nc2c(-c3cnco3)cc(C(F)(F)F)cn12. The molecule has 3 aromatic rings. The lowest BCUT2D eigenvalue weighted by molar-refractivity contribution is -0.137. The number of carbonyl (C=O) groups is 1. The van der Waals surface area contributed by atoms with Crippen LogP contribution in [-0.4, -0.2) is 26.8 Å². The summed E-state index contributed by atoms with van der Waals surface area (Å²) in [6.07, 6.45) is -1.31. The summed E-state index contributed by atoms with van der Waals surface area (Å²) in [6.45, 7) is 3.63. The Morgan fingerprint density at radius 3 is 2.75 bits per heavy atom. The van der Waals surface area contributed by atoms with E-state index in [1.54, 1.807) is 13.8 Å². The van der Waals surface area contributed by atoms with Crippen molar-refractivity contribution in [3.05, 3.63) is 41.8 Å². The van der Waals surface area contributed by atoms with Gasteiger partial charge in [-0.3, -0.25) is 9.20 Å². The highest BCUT2D eigenvalue weighted by Gasteiger charge is 2.33. The molecule has 0 aromatic carbocycles. The first kappa shape index (κ1) is 16.0. The van der Waals surface area contributed by atoms with Crippen LogP contribution >= 0.6 is 0 Å². The predicted molar refractivity (Wildman–Crippen MR) is 78.4 cm³/mol. The molecule has 1 N–H and O–H groups in total. The van der Waals surface area contributed by atoms with Gasteiger partial charge in [0, 0.05) is 12.7 Å². The van der Waals surface area contributed by atoms with Crippen molar-refractivity contribution in [1.82, 2.24) is 19.7 Å². The van der Waals surface area contributed by atoms with E-state index in [-0.39, 0.29) is 22.7 Å². The van der Waals surface area contributed by atoms with Gasteiger partial charge in [0.05, 0.1) is 23.0 Å². The number of hydrogen-bond acceptors (Lipinski definition) is 4. The van der Waals surface area contributed by atoms with Crippen molar-refractivity contribution >= 4 is 11.6 Å². The first-order valence-corrected chi connectivity index (χ1v) is 7.10. The molecule has 126 valence electrons. The van der Waals surface area contributed by atoms with Crippen LogP contribution < -0.4 is 5.32 Å². The third-order valence-electron chi connectivity index (χ3n) is 3.47. The zero-order valence-corrected chi connectivity index (χ0v) is 12.8. The van der Waals surface area contributed by atoms with E-state index in [0.29, 0.717) is 12.2 Å². The summed E-state index contributed by atoms with van der Waals surface area (Å²) < 4.78 is 46.0. The van der Waals surface area contributed by atoms with E-state index in [2.05, 4.69) is 15.3 Å². The lowest BCUT2D eigenvalue weighted by Crippen LogP contribution is -2.25. The van der Waals surface area contributed by atoms with Crippen molar-refractivity contribution in [3.8, 4) is 11.3 Å². The molecule has 0 saturated carbocycles. The minimum Gasteiger partial charge on any atom is -0.443 e. The minimum atomic E-state index is -4.58. The number of hydrogen-bond donors (Lipinski definition) is 1. The van der Waals surface area contributed by atoms with E-state index in [1.165, 1.54) is 6.20 Å². The molecule has 3 rings (SSSR count). The van der Waals surface area contributed by atoms with E-state index in [9.17, 15) is 18.0 Å². The van der Waals surface area contributed by atoms with Crippen LogP contribution in [0.5, 0.6) is 0 Å². The van der Waals surface area contributed by atoms with Gasteiger partial charge in [-0.25, -0.2) is 9.97 Å². The van der Waals surface area contributed by atoms with Crippen LogP contribution in [0.15, 0.2) is 29.3 Å². The third-order valence-corrected chi connectivity index (χ3v) is 3.47. The first-order valence-electron chi connectivity index (χ1n) is 7.10. The van der Waals surface area contributed by atoms with Gasteiger partial charge in [-0.1, -0.05) is 0 Å². The zero-order chi connectivity index (χ0) is 17.5. The lowest BCUT2D eigenvalue weighted by Gasteiger charge is -2.11. The van der Waals surface area contributed by atoms with E-state index in [0.717, 1.165) is 23.1 Å². The maximum atomic E-state index is 13.2. The Labute approximate surface area is 134 Å². The number of amides is 1. The van der Waals surface area contributed by atoms with Gasteiger partial charge < -0.3 is 9.73 Å². The van der Waals surface area contributed by atoms with Crippen molar-refractivity contribution < 1.29 is 22.4 Å². The zero-order valence-electron chi connectivity index (χ0n) is 12.8. The van der Waals surface area contributed by atoms with Crippen molar-refractivity contribution in [3.63, 3.8) is 0 Å². The fourth-order valence-electron chi connectivity index (χ4n) is 2.46. The second kappa shape index (κ2) is 5.66. The van der Waals surface area contributed by atoms with Gasteiger partial charge in [-0.15, -0.1) is 0 Å². The monoisotopic (exact) mass is 338 g/mol. The smallest absolute Gasteiger partial charge is 0.417 e. The summed E-state index contributed by atoms with van der Waals surface area (Å²) in [7, 11) is 0. The Hall–Kier alpha value is -2.84. The largest absolute Gasteiger partial charge is 0.443 e. The number of oxazole rings is 1. The fraction of sp³-hybridized carbons (Fsp3) is 0.267. The van der Waals surface area contributed by atoms with Crippen LogP contribution in [0.1, 0.15) is 28.7 Å². The highest BCUT2D eigenvalue weighted by molar-refractivity contribution is 5.95. The lowest BCUT2D eigenvalue weighted by atomic mass is 10.1. The molecule has 0 unspecified atom stereocenters. The van der Waals surface area contributed by atoms with E-state index >= 15 is 0 Å². The highest BCUT2D eigenvalue weighted by atomic mass is 19.4. The molecule has 0 fully saturated rings. The predicted octanol–water partition coefficient (Wildman–Crippen LogP) is 3.07. The summed E-state index contributed by atoms with van der Waals surface area (Å²) in [4.78, 5) is 20.2. The van der Waals surface area contributed by atoms with Gasteiger partial charge in [0.25, 0.3) is 5.91 Å². The Balaban J connectivity index is 2.35. The number of imidazole rings is 1. The standard InChI is InChI=1S/C15H13F3N4O2/c1-3-20-14(23)12-8(2)21-13-10(11-5-19-7-24-11)4-9(6-22(12)13)15(16,17)18/h4-7H,3H2,1-2H3,(H,20,23). The van der Waals surface area contributed by atoms with Gasteiger partial charge in [0.2, 0.25) is 0 Å². The molecule has 0 aliphatic carbocycles. The number of aryl methyl sites for hydroxylation is 1. The van der Waals surface area contributed by atoms with Crippen LogP contribution in [0, 0.1) is 6.92 Å². The van der Waals surface area contributed by atoms with E-state index < -0.39 is 17.6 Å². The Morgan fingerprint density at radius 2 is 2.17 bits per heavy atom. The maximum absolute atomic E-state index is 13.2. The van der Waals surface area contributed by atoms with Crippen LogP contribution in [0.4, 0.5) is 13.2 Å². The number of rotatable bonds is 3. The molecular weight excluding hydrogens is 325 g/mol. The minimum absolute atomic E-state index is 0.0544. The Bertz CT molecular complexity index is 898. The van der Waals surface area contributed by atoms with E-state index in [4.69, 9.17) is 4.42 Å². The molecule has 0 radical (unpaired) electrons. The molecule has 6 nitrogen and oxygen atoms in total. The topological polar surface area (TPSA) is 72.4 Å². The number of aromatic nitrogens is 3. The average Bonchev–Trinajstić information content (AvgIpc) is 3.11. The van der Waals surface area contributed by atoms with Gasteiger partial charge in [-0.05, 0) is 19.9 Å². The summed E-state index contributed by atoms with van der Waals surface area (Å²) in [5.74, 6) is -0.358. The Kier molecular flexibility index (Phi) is 3.78. The molecule has 3 aromatic heterocycles. The first-order chi connectivity index (χ1) is 11.3. The third kappa shape index (κ3) is 2.61. The number of nitrogens with one attached hydrogen (secondary N) is 1. The molecule has 0 saturated heterocycles. The molecule has 0 aliphatic rings. The summed E-state index contributed by atoms with van der Waals surface area (Å²) in [5, 5.41) is 2.58. The average molecular weight is 338 g/mol. The highest BCUT2D eigenvalue weighted by Crippen LogP contribution is 2.35. The molecule has 0 atom stereocenters. The second-order valence-corrected chi connectivity index (χ2v) is 5.10. The van der Waals surface area contributed by atoms with Crippen molar-refractivity contribution in [2.75, 3.05) is 6.54 Å². The molecule has 9 heteroatoms. The van der Waals surface area contributed by atoms with Crippen LogP contribution in [0.2, 0.25) is 0 Å². The number of alkyl halides is 3. The molecule has 3 heterocycles. The van der Waals surface area contributed by atoms with Gasteiger partial charge in [-0.2, -0.15) is 13.2 Å². The quantitative estimate of drug-likeness (QED) is 0.797. The van der Waals surface area contributed by atoms with Crippen molar-refractivity contribution in [2.24, 2.45) is 0 Å². The fourth-order valence-corrected chi connectivity index (χ4v) is 2.46. The van der Waals surface area contributed by atoms with Crippen molar-refractivity contribution in [1.29, 1.82) is 0 Å². The summed E-state index contributed by atoms with van der Waals surface area (Å²) >= 11 is 0. The summed E-state index contributed by atoms with van der Waals surface area (Å²) in [6, 6.07) is 0.934. The summed E-state index contributed by atoms with van der Waals surface area (Å²) in [5.41, 5.74) is -0.233. The van der Waals surface area contributed by atoms with Crippen LogP contribution in [0.25, 0.3) is 17.0 Å². The number of carbonyl (C=O) groups excluding carboxylic acids is 1. The van der Waals surface area contributed by atoms with Crippen LogP contribution in [-0.2, 0) is 6.18 Å². The van der Waals surface area contributed by atoms with Gasteiger partial charge in [0.1, 0.15) is 11.3 Å². The van der Waals surface area contributed by atoms with E-state index in [1.807, 2.05) is 0 Å². The number of fused-ring (bicyclic) bond motifs is 1. The molecule has 24 heavy (non-hydrogen) atoms. The second-order valence-electron chi connectivity index (χ2n) is 5.10. The molecular formula is C15H13F3N4O2. The van der Waals surface area contributed by atoms with Crippen LogP contribution in [0.3, 0.4) is 0 Å². The van der Waals surface area contributed by atoms with Gasteiger partial charge in [0.15, 0.2) is 12.2 Å². The molecule has 0 spiro atoms. The number of pyridine rings is 1. The van der Waals surface area contributed by atoms with Gasteiger partial charge >= 0.3 is 6.18 Å². The molecule has 0 aliphatic heterocycles. The number of halogens is 3. The normalized spacial score (nSPS) is 11.9. The number of nitrogens with zero attached hydrogens (tertiary/aromatic N) is 3. The molecule has 0 bridgehead atoms. The molecule has 1 amide bonds. The van der Waals surface area contributed by atoms with Crippen molar-refractivity contribution in [2.45, 2.75) is 20.0 Å².